The van der Waals surface area contributed by atoms with E-state index in [-0.39, 0.29) is 18.1 Å². The Labute approximate surface area is 179 Å². The fraction of sp³-hybridized carbons (Fsp3) is 0.792. The van der Waals surface area contributed by atoms with Gasteiger partial charge in [-0.15, -0.1) is 0 Å². The molecule has 6 nitrogen and oxygen atoms in total. The fourth-order valence-electron chi connectivity index (χ4n) is 6.39. The summed E-state index contributed by atoms with van der Waals surface area (Å²) in [6.45, 7) is 4.57. The van der Waals surface area contributed by atoms with Crippen LogP contribution in [0, 0.1) is 5.41 Å². The summed E-state index contributed by atoms with van der Waals surface area (Å²) < 4.78 is 11.8. The number of carbonyl (C=O) groups is 1. The van der Waals surface area contributed by atoms with Crippen molar-refractivity contribution in [2.45, 2.75) is 82.5 Å². The standard InChI is InChI=1S/C24H36N2O4/c27-17-20-5-6-21(30-20)22(28)25-11-9-23(10-12-25)15-19(16-23)26-13-14-29-24(18-26)7-3-1-2-4-8-24/h5-6,19,27H,1-4,7-18H2. The molecule has 0 aromatic carbocycles. The molecule has 2 aliphatic carbocycles. The predicted molar refractivity (Wildman–Crippen MR) is 113 cm³/mol. The van der Waals surface area contributed by atoms with Gasteiger partial charge >= 0.3 is 0 Å². The van der Waals surface area contributed by atoms with Gasteiger partial charge in [0, 0.05) is 32.2 Å². The van der Waals surface area contributed by atoms with E-state index in [0.29, 0.717) is 23.0 Å². The molecule has 2 aliphatic heterocycles. The van der Waals surface area contributed by atoms with Crippen LogP contribution in [-0.4, -0.2) is 65.2 Å². The first-order chi connectivity index (χ1) is 14.6. The maximum absolute atomic E-state index is 12.7. The lowest BCUT2D eigenvalue weighted by atomic mass is 9.59. The van der Waals surface area contributed by atoms with Crippen LogP contribution in [0.1, 0.15) is 80.5 Å². The second-order valence-corrected chi connectivity index (χ2v) is 10.2. The average Bonchev–Trinajstić information content (AvgIpc) is 3.13. The number of likely N-dealkylation sites (tertiary alicyclic amines) is 1. The van der Waals surface area contributed by atoms with Crippen molar-refractivity contribution < 1.29 is 19.1 Å². The van der Waals surface area contributed by atoms with Gasteiger partial charge in [-0.05, 0) is 56.1 Å². The van der Waals surface area contributed by atoms with Gasteiger partial charge in [0.25, 0.3) is 5.91 Å². The van der Waals surface area contributed by atoms with Crippen molar-refractivity contribution in [2.24, 2.45) is 5.41 Å². The highest BCUT2D eigenvalue weighted by atomic mass is 16.5. The van der Waals surface area contributed by atoms with Gasteiger partial charge in [0.2, 0.25) is 0 Å². The third-order valence-electron chi connectivity index (χ3n) is 8.29. The fourth-order valence-corrected chi connectivity index (χ4v) is 6.39. The molecule has 2 spiro atoms. The molecule has 1 aromatic rings. The van der Waals surface area contributed by atoms with Gasteiger partial charge in [-0.25, -0.2) is 0 Å². The van der Waals surface area contributed by atoms with Gasteiger partial charge in [-0.1, -0.05) is 25.7 Å². The third kappa shape index (κ3) is 3.94. The number of amides is 1. The highest BCUT2D eigenvalue weighted by Crippen LogP contribution is 2.52. The number of piperidine rings is 1. The smallest absolute Gasteiger partial charge is 0.289 e. The SMILES string of the molecule is O=C(c1ccc(CO)o1)N1CCC2(CC1)CC(N1CCOC3(CCCCCC3)C1)C2. The normalized spacial score (nSPS) is 27.2. The maximum atomic E-state index is 12.7. The molecule has 0 bridgehead atoms. The van der Waals surface area contributed by atoms with Crippen LogP contribution in [0.5, 0.6) is 0 Å². The lowest BCUT2D eigenvalue weighted by molar-refractivity contribution is -0.149. The van der Waals surface area contributed by atoms with Crippen LogP contribution in [0.4, 0.5) is 0 Å². The van der Waals surface area contributed by atoms with E-state index in [1.165, 1.54) is 51.4 Å². The summed E-state index contributed by atoms with van der Waals surface area (Å²) in [5.74, 6) is 0.762. The minimum Gasteiger partial charge on any atom is -0.453 e. The number of morpholine rings is 1. The number of nitrogens with zero attached hydrogens (tertiary/aromatic N) is 2. The van der Waals surface area contributed by atoms with E-state index in [4.69, 9.17) is 14.3 Å². The summed E-state index contributed by atoms with van der Waals surface area (Å²) in [4.78, 5) is 17.3. The second kappa shape index (κ2) is 8.29. The van der Waals surface area contributed by atoms with Gasteiger partial charge in [0.1, 0.15) is 12.4 Å². The Morgan fingerprint density at radius 2 is 1.77 bits per heavy atom. The summed E-state index contributed by atoms with van der Waals surface area (Å²) in [6.07, 6.45) is 12.6. The van der Waals surface area contributed by atoms with Crippen molar-refractivity contribution >= 4 is 5.91 Å². The number of furan rings is 1. The van der Waals surface area contributed by atoms with E-state index in [1.807, 2.05) is 4.90 Å². The molecular formula is C24H36N2O4. The summed E-state index contributed by atoms with van der Waals surface area (Å²) in [7, 11) is 0. The Balaban J connectivity index is 1.13. The first-order valence-corrected chi connectivity index (χ1v) is 12.0. The van der Waals surface area contributed by atoms with E-state index in [2.05, 4.69) is 4.90 Å². The number of aliphatic hydroxyl groups is 1. The molecule has 1 N–H and O–H groups in total. The number of aliphatic hydroxyl groups excluding tert-OH is 1. The zero-order chi connectivity index (χ0) is 20.6. The van der Waals surface area contributed by atoms with Crippen molar-refractivity contribution in [2.75, 3.05) is 32.8 Å². The third-order valence-corrected chi connectivity index (χ3v) is 8.29. The lowest BCUT2D eigenvalue weighted by Crippen LogP contribution is -2.61. The molecule has 2 saturated heterocycles. The minimum atomic E-state index is -0.166. The van der Waals surface area contributed by atoms with Crippen LogP contribution in [-0.2, 0) is 11.3 Å². The molecule has 2 saturated carbocycles. The molecule has 30 heavy (non-hydrogen) atoms. The lowest BCUT2D eigenvalue weighted by Gasteiger charge is -2.57. The van der Waals surface area contributed by atoms with Crippen molar-refractivity contribution in [3.63, 3.8) is 0 Å². The average molecular weight is 417 g/mol. The van der Waals surface area contributed by atoms with Gasteiger partial charge < -0.3 is 19.2 Å². The van der Waals surface area contributed by atoms with Crippen LogP contribution >= 0.6 is 0 Å². The van der Waals surface area contributed by atoms with Crippen molar-refractivity contribution in [1.82, 2.24) is 9.80 Å². The van der Waals surface area contributed by atoms with Crippen molar-refractivity contribution in [3.05, 3.63) is 23.7 Å². The molecule has 0 radical (unpaired) electrons. The van der Waals surface area contributed by atoms with Gasteiger partial charge in [-0.3, -0.25) is 9.69 Å². The van der Waals surface area contributed by atoms with Crippen LogP contribution in [0.25, 0.3) is 0 Å². The maximum Gasteiger partial charge on any atom is 0.289 e. The number of carbonyl (C=O) groups excluding carboxylic acids is 1. The molecule has 5 rings (SSSR count). The zero-order valence-electron chi connectivity index (χ0n) is 18.1. The number of rotatable bonds is 3. The summed E-state index contributed by atoms with van der Waals surface area (Å²) in [5.41, 5.74) is 0.555. The predicted octanol–water partition coefficient (Wildman–Crippen LogP) is 3.58. The molecule has 1 amide bonds. The molecule has 4 fully saturated rings. The summed E-state index contributed by atoms with van der Waals surface area (Å²) in [5, 5.41) is 9.15. The van der Waals surface area contributed by atoms with E-state index in [1.54, 1.807) is 12.1 Å². The van der Waals surface area contributed by atoms with Gasteiger partial charge in [-0.2, -0.15) is 0 Å². The molecule has 6 heteroatoms. The Bertz CT molecular complexity index is 736. The largest absolute Gasteiger partial charge is 0.453 e. The minimum absolute atomic E-state index is 0.0380. The van der Waals surface area contributed by atoms with Gasteiger partial charge in [0.15, 0.2) is 5.76 Å². The first-order valence-electron chi connectivity index (χ1n) is 12.0. The number of hydrogen-bond donors (Lipinski definition) is 1. The molecule has 1 aromatic heterocycles. The monoisotopic (exact) mass is 416 g/mol. The molecule has 0 atom stereocenters. The Kier molecular flexibility index (Phi) is 5.67. The molecular weight excluding hydrogens is 380 g/mol. The Hall–Kier alpha value is -1.37. The molecule has 3 heterocycles. The van der Waals surface area contributed by atoms with E-state index in [9.17, 15) is 4.79 Å². The Morgan fingerprint density at radius 3 is 2.43 bits per heavy atom. The van der Waals surface area contributed by atoms with Crippen LogP contribution in [0.3, 0.4) is 0 Å². The van der Waals surface area contributed by atoms with E-state index in [0.717, 1.165) is 45.6 Å². The molecule has 166 valence electrons. The second-order valence-electron chi connectivity index (χ2n) is 10.2. The Morgan fingerprint density at radius 1 is 1.03 bits per heavy atom. The van der Waals surface area contributed by atoms with Crippen LogP contribution in [0.15, 0.2) is 16.5 Å². The van der Waals surface area contributed by atoms with Crippen molar-refractivity contribution in [1.29, 1.82) is 0 Å². The number of hydrogen-bond acceptors (Lipinski definition) is 5. The van der Waals surface area contributed by atoms with Gasteiger partial charge in [0.05, 0.1) is 12.2 Å². The number of ether oxygens (including phenoxy) is 1. The first kappa shape index (κ1) is 20.5. The topological polar surface area (TPSA) is 66.2 Å². The molecule has 0 unspecified atom stereocenters. The van der Waals surface area contributed by atoms with Crippen molar-refractivity contribution in [3.8, 4) is 0 Å². The van der Waals surface area contributed by atoms with Crippen LogP contribution < -0.4 is 0 Å². The van der Waals surface area contributed by atoms with Crippen LogP contribution in [0.2, 0.25) is 0 Å². The highest BCUT2D eigenvalue weighted by Gasteiger charge is 2.50. The summed E-state index contributed by atoms with van der Waals surface area (Å²) >= 11 is 0. The van der Waals surface area contributed by atoms with E-state index >= 15 is 0 Å². The molecule has 4 aliphatic rings. The quantitative estimate of drug-likeness (QED) is 0.816. The van der Waals surface area contributed by atoms with E-state index < -0.39 is 0 Å². The summed E-state index contributed by atoms with van der Waals surface area (Å²) in [6, 6.07) is 4.06. The zero-order valence-corrected chi connectivity index (χ0v) is 18.1. The highest BCUT2D eigenvalue weighted by molar-refractivity contribution is 5.91.